The molecule has 0 fully saturated rings. The molecule has 0 spiro atoms. The first-order chi connectivity index (χ1) is 8.24. The molecule has 0 radical (unpaired) electrons. The maximum Gasteiger partial charge on any atom is 0.0534 e. The van der Waals surface area contributed by atoms with Crippen molar-refractivity contribution in [2.24, 2.45) is 0 Å². The molecule has 0 saturated heterocycles. The highest BCUT2D eigenvalue weighted by molar-refractivity contribution is 7.11. The number of aryl methyl sites for hydroxylation is 1. The maximum atomic E-state index is 4.18. The molecule has 0 amide bonds. The van der Waals surface area contributed by atoms with Crippen LogP contribution in [0.25, 0.3) is 0 Å². The SMILES string of the molecule is Cc1ccc(CC(C)NCCn2cccn2)s1. The van der Waals surface area contributed by atoms with Crippen molar-refractivity contribution in [2.45, 2.75) is 32.9 Å². The van der Waals surface area contributed by atoms with Crippen molar-refractivity contribution in [2.75, 3.05) is 6.54 Å². The molecule has 2 rings (SSSR count). The Labute approximate surface area is 106 Å². The summed E-state index contributed by atoms with van der Waals surface area (Å²) >= 11 is 1.89. The average molecular weight is 249 g/mol. The molecule has 2 aromatic rings. The Bertz CT molecular complexity index is 433. The molecule has 1 unspecified atom stereocenters. The molecule has 3 nitrogen and oxygen atoms in total. The summed E-state index contributed by atoms with van der Waals surface area (Å²) in [4.78, 5) is 2.85. The minimum Gasteiger partial charge on any atom is -0.312 e. The largest absolute Gasteiger partial charge is 0.312 e. The van der Waals surface area contributed by atoms with Gasteiger partial charge in [-0.3, -0.25) is 4.68 Å². The molecule has 0 aliphatic rings. The van der Waals surface area contributed by atoms with Gasteiger partial charge in [0.05, 0.1) is 6.54 Å². The zero-order valence-electron chi connectivity index (χ0n) is 10.4. The number of aromatic nitrogens is 2. The van der Waals surface area contributed by atoms with E-state index in [-0.39, 0.29) is 0 Å². The average Bonchev–Trinajstić information content (AvgIpc) is 2.90. The van der Waals surface area contributed by atoms with Crippen LogP contribution < -0.4 is 5.32 Å². The molecule has 0 saturated carbocycles. The van der Waals surface area contributed by atoms with E-state index in [9.17, 15) is 0 Å². The van der Waals surface area contributed by atoms with Gasteiger partial charge < -0.3 is 5.32 Å². The monoisotopic (exact) mass is 249 g/mol. The number of nitrogens with zero attached hydrogens (tertiary/aromatic N) is 2. The van der Waals surface area contributed by atoms with E-state index in [0.717, 1.165) is 19.5 Å². The Morgan fingerprint density at radius 1 is 1.47 bits per heavy atom. The van der Waals surface area contributed by atoms with E-state index >= 15 is 0 Å². The van der Waals surface area contributed by atoms with Gasteiger partial charge in [-0.2, -0.15) is 5.10 Å². The van der Waals surface area contributed by atoms with Gasteiger partial charge in [0.15, 0.2) is 0 Å². The van der Waals surface area contributed by atoms with Crippen LogP contribution >= 0.6 is 11.3 Å². The van der Waals surface area contributed by atoms with E-state index in [2.05, 4.69) is 36.4 Å². The fourth-order valence-corrected chi connectivity index (χ4v) is 2.85. The predicted octanol–water partition coefficient (Wildman–Crippen LogP) is 2.47. The lowest BCUT2D eigenvalue weighted by atomic mass is 10.2. The van der Waals surface area contributed by atoms with Gasteiger partial charge in [0, 0.05) is 34.7 Å². The van der Waals surface area contributed by atoms with Crippen LogP contribution in [0.2, 0.25) is 0 Å². The van der Waals surface area contributed by atoms with Crippen LogP contribution in [0.5, 0.6) is 0 Å². The third-order valence-electron chi connectivity index (χ3n) is 2.70. The van der Waals surface area contributed by atoms with Crippen molar-refractivity contribution in [1.82, 2.24) is 15.1 Å². The molecular weight excluding hydrogens is 230 g/mol. The normalized spacial score (nSPS) is 12.8. The van der Waals surface area contributed by atoms with E-state index in [1.165, 1.54) is 9.75 Å². The molecule has 92 valence electrons. The van der Waals surface area contributed by atoms with Crippen molar-refractivity contribution in [3.8, 4) is 0 Å². The Kier molecular flexibility index (Phi) is 4.34. The maximum absolute atomic E-state index is 4.18. The lowest BCUT2D eigenvalue weighted by molar-refractivity contribution is 0.495. The molecule has 17 heavy (non-hydrogen) atoms. The van der Waals surface area contributed by atoms with Crippen molar-refractivity contribution < 1.29 is 0 Å². The first-order valence-electron chi connectivity index (χ1n) is 6.00. The van der Waals surface area contributed by atoms with E-state index in [1.807, 2.05) is 34.5 Å². The third kappa shape index (κ3) is 3.98. The molecular formula is C13H19N3S. The standard InChI is InChI=1S/C13H19N3S/c1-11(10-13-5-4-12(2)17-13)14-7-9-16-8-3-6-15-16/h3-6,8,11,14H,7,9-10H2,1-2H3. The molecule has 4 heteroatoms. The number of hydrogen-bond acceptors (Lipinski definition) is 3. The van der Waals surface area contributed by atoms with Gasteiger partial charge in [0.1, 0.15) is 0 Å². The summed E-state index contributed by atoms with van der Waals surface area (Å²) in [5, 5.41) is 7.70. The van der Waals surface area contributed by atoms with Crippen LogP contribution in [0.3, 0.4) is 0 Å². The highest BCUT2D eigenvalue weighted by Gasteiger charge is 2.04. The molecule has 0 aliphatic heterocycles. The van der Waals surface area contributed by atoms with Crippen molar-refractivity contribution in [1.29, 1.82) is 0 Å². The quantitative estimate of drug-likeness (QED) is 0.852. The highest BCUT2D eigenvalue weighted by atomic mass is 32.1. The van der Waals surface area contributed by atoms with Gasteiger partial charge in [0.25, 0.3) is 0 Å². The number of rotatable bonds is 6. The topological polar surface area (TPSA) is 29.9 Å². The molecule has 0 aromatic carbocycles. The molecule has 2 aromatic heterocycles. The Morgan fingerprint density at radius 3 is 3.00 bits per heavy atom. The van der Waals surface area contributed by atoms with Gasteiger partial charge in [-0.05, 0) is 38.5 Å². The number of hydrogen-bond donors (Lipinski definition) is 1. The second kappa shape index (κ2) is 5.98. The fourth-order valence-electron chi connectivity index (χ4n) is 1.83. The summed E-state index contributed by atoms with van der Waals surface area (Å²) in [6, 6.07) is 6.89. The lowest BCUT2D eigenvalue weighted by Crippen LogP contribution is -2.30. The van der Waals surface area contributed by atoms with Crippen molar-refractivity contribution in [3.05, 3.63) is 40.3 Å². The van der Waals surface area contributed by atoms with Gasteiger partial charge in [0.2, 0.25) is 0 Å². The van der Waals surface area contributed by atoms with Crippen molar-refractivity contribution >= 4 is 11.3 Å². The minimum absolute atomic E-state index is 0.517. The summed E-state index contributed by atoms with van der Waals surface area (Å²) in [5.41, 5.74) is 0. The van der Waals surface area contributed by atoms with Crippen LogP contribution in [0.15, 0.2) is 30.6 Å². The Balaban J connectivity index is 1.69. The molecule has 2 heterocycles. The predicted molar refractivity (Wildman–Crippen MR) is 72.5 cm³/mol. The van der Waals surface area contributed by atoms with Gasteiger partial charge in [-0.1, -0.05) is 0 Å². The fraction of sp³-hybridized carbons (Fsp3) is 0.462. The molecule has 1 N–H and O–H groups in total. The third-order valence-corrected chi connectivity index (χ3v) is 3.72. The van der Waals surface area contributed by atoms with Crippen LogP contribution in [0.4, 0.5) is 0 Å². The van der Waals surface area contributed by atoms with Crippen LogP contribution in [-0.4, -0.2) is 22.4 Å². The highest BCUT2D eigenvalue weighted by Crippen LogP contribution is 2.16. The summed E-state index contributed by atoms with van der Waals surface area (Å²) in [7, 11) is 0. The zero-order valence-corrected chi connectivity index (χ0v) is 11.2. The Hall–Kier alpha value is -1.13. The van der Waals surface area contributed by atoms with Gasteiger partial charge in [-0.25, -0.2) is 0 Å². The smallest absolute Gasteiger partial charge is 0.0534 e. The van der Waals surface area contributed by atoms with Crippen LogP contribution in [-0.2, 0) is 13.0 Å². The van der Waals surface area contributed by atoms with E-state index in [1.54, 1.807) is 0 Å². The summed E-state index contributed by atoms with van der Waals surface area (Å²) in [6.07, 6.45) is 4.92. The van der Waals surface area contributed by atoms with E-state index in [4.69, 9.17) is 0 Å². The first-order valence-corrected chi connectivity index (χ1v) is 6.82. The van der Waals surface area contributed by atoms with E-state index < -0.39 is 0 Å². The molecule has 0 aliphatic carbocycles. The summed E-state index contributed by atoms with van der Waals surface area (Å²) in [5.74, 6) is 0. The zero-order chi connectivity index (χ0) is 12.1. The second-order valence-electron chi connectivity index (χ2n) is 4.34. The Morgan fingerprint density at radius 2 is 2.35 bits per heavy atom. The first kappa shape index (κ1) is 12.3. The lowest BCUT2D eigenvalue weighted by Gasteiger charge is -2.12. The summed E-state index contributed by atoms with van der Waals surface area (Å²) < 4.78 is 1.95. The van der Waals surface area contributed by atoms with Crippen LogP contribution in [0.1, 0.15) is 16.7 Å². The minimum atomic E-state index is 0.517. The number of thiophene rings is 1. The van der Waals surface area contributed by atoms with Gasteiger partial charge >= 0.3 is 0 Å². The van der Waals surface area contributed by atoms with Crippen molar-refractivity contribution in [3.63, 3.8) is 0 Å². The van der Waals surface area contributed by atoms with Crippen LogP contribution in [0, 0.1) is 6.92 Å². The van der Waals surface area contributed by atoms with Gasteiger partial charge in [-0.15, -0.1) is 11.3 Å². The second-order valence-corrected chi connectivity index (χ2v) is 5.71. The number of nitrogens with one attached hydrogen (secondary N) is 1. The summed E-state index contributed by atoms with van der Waals surface area (Å²) in [6.45, 7) is 6.29. The molecule has 0 bridgehead atoms. The van der Waals surface area contributed by atoms with E-state index in [0.29, 0.717) is 6.04 Å². The molecule has 1 atom stereocenters.